The molecule has 22 heavy (non-hydrogen) atoms. The molecular weight excluding hydrogens is 295 g/mol. The van der Waals surface area contributed by atoms with Crippen LogP contribution in [0, 0.1) is 24.4 Å². The van der Waals surface area contributed by atoms with Crippen LogP contribution < -0.4 is 5.32 Å². The van der Waals surface area contributed by atoms with Crippen molar-refractivity contribution in [3.8, 4) is 11.5 Å². The number of aryl methyl sites for hydroxylation is 1. The summed E-state index contributed by atoms with van der Waals surface area (Å²) in [6.45, 7) is 1.95. The van der Waals surface area contributed by atoms with Crippen LogP contribution in [0.3, 0.4) is 0 Å². The van der Waals surface area contributed by atoms with E-state index in [0.29, 0.717) is 0 Å². The van der Waals surface area contributed by atoms with Gasteiger partial charge in [0, 0.05) is 11.3 Å². The van der Waals surface area contributed by atoms with Crippen molar-refractivity contribution < 1.29 is 17.6 Å². The quantitative estimate of drug-likeness (QED) is 0.737. The van der Waals surface area contributed by atoms with E-state index in [1.165, 1.54) is 0 Å². The number of nitrogens with one attached hydrogen (secondary N) is 1. The third kappa shape index (κ3) is 2.78. The van der Waals surface area contributed by atoms with Crippen molar-refractivity contribution >= 4 is 11.7 Å². The second-order valence-electron chi connectivity index (χ2n) is 4.66. The number of aromatic nitrogens is 2. The molecule has 0 unspecified atom stereocenters. The molecule has 2 aromatic carbocycles. The monoisotopic (exact) mass is 305 g/mol. The van der Waals surface area contributed by atoms with Gasteiger partial charge in [0.05, 0.1) is 0 Å². The molecule has 0 saturated carbocycles. The van der Waals surface area contributed by atoms with Crippen LogP contribution in [-0.4, -0.2) is 10.2 Å². The highest BCUT2D eigenvalue weighted by Gasteiger charge is 2.15. The molecule has 0 aliphatic heterocycles. The van der Waals surface area contributed by atoms with Crippen LogP contribution in [0.2, 0.25) is 0 Å². The fraction of sp³-hybridized carbons (Fsp3) is 0.0667. The highest BCUT2D eigenvalue weighted by Crippen LogP contribution is 2.25. The summed E-state index contributed by atoms with van der Waals surface area (Å²) in [5, 5.41) is 10.3. The van der Waals surface area contributed by atoms with Crippen molar-refractivity contribution in [3.05, 3.63) is 59.4 Å². The lowest BCUT2D eigenvalue weighted by Gasteiger charge is -2.01. The smallest absolute Gasteiger partial charge is 0.320 e. The predicted octanol–water partition coefficient (Wildman–Crippen LogP) is 4.21. The summed E-state index contributed by atoms with van der Waals surface area (Å²) in [6, 6.07) is 9.06. The average molecular weight is 305 g/mol. The van der Waals surface area contributed by atoms with Gasteiger partial charge in [-0.1, -0.05) is 22.8 Å². The predicted molar refractivity (Wildman–Crippen MR) is 74.1 cm³/mol. The molecule has 0 spiro atoms. The number of rotatable bonds is 3. The number of nitrogens with zero attached hydrogens (tertiary/aromatic N) is 2. The molecule has 112 valence electrons. The largest absolute Gasteiger partial charge is 0.403 e. The van der Waals surface area contributed by atoms with Crippen LogP contribution >= 0.6 is 0 Å². The minimum absolute atomic E-state index is 0.0409. The lowest BCUT2D eigenvalue weighted by Crippen LogP contribution is -1.91. The van der Waals surface area contributed by atoms with E-state index in [2.05, 4.69) is 15.5 Å². The Hall–Kier alpha value is -2.83. The second kappa shape index (κ2) is 5.51. The average Bonchev–Trinajstić information content (AvgIpc) is 2.95. The maximum atomic E-state index is 13.2. The van der Waals surface area contributed by atoms with E-state index in [-0.39, 0.29) is 17.5 Å². The Morgan fingerprint density at radius 3 is 2.23 bits per heavy atom. The minimum atomic E-state index is -1.54. The molecule has 0 atom stereocenters. The van der Waals surface area contributed by atoms with Crippen LogP contribution in [0.15, 0.2) is 40.8 Å². The van der Waals surface area contributed by atoms with Crippen LogP contribution in [0.4, 0.5) is 24.9 Å². The van der Waals surface area contributed by atoms with Gasteiger partial charge in [0.2, 0.25) is 5.89 Å². The molecule has 3 aromatic rings. The van der Waals surface area contributed by atoms with Gasteiger partial charge in [-0.15, -0.1) is 5.10 Å². The molecule has 0 aliphatic carbocycles. The molecule has 0 aliphatic rings. The summed E-state index contributed by atoms with van der Waals surface area (Å²) in [5.41, 5.74) is 1.77. The SMILES string of the molecule is Cc1ccc(Nc2nnc(-c3cc(F)c(F)c(F)c3)o2)cc1. The first kappa shape index (κ1) is 14.1. The molecule has 1 aromatic heterocycles. The van der Waals surface area contributed by atoms with E-state index in [9.17, 15) is 13.2 Å². The first-order chi connectivity index (χ1) is 10.5. The van der Waals surface area contributed by atoms with E-state index in [0.717, 1.165) is 23.4 Å². The Morgan fingerprint density at radius 2 is 1.59 bits per heavy atom. The first-order valence-electron chi connectivity index (χ1n) is 6.35. The molecule has 1 heterocycles. The number of hydrogen-bond donors (Lipinski definition) is 1. The second-order valence-corrected chi connectivity index (χ2v) is 4.66. The zero-order valence-corrected chi connectivity index (χ0v) is 11.4. The molecule has 0 amide bonds. The topological polar surface area (TPSA) is 51.0 Å². The van der Waals surface area contributed by atoms with Gasteiger partial charge in [-0.3, -0.25) is 0 Å². The van der Waals surface area contributed by atoms with Gasteiger partial charge >= 0.3 is 6.01 Å². The van der Waals surface area contributed by atoms with Gasteiger partial charge in [-0.05, 0) is 31.2 Å². The molecule has 0 fully saturated rings. The van der Waals surface area contributed by atoms with Crippen LogP contribution in [-0.2, 0) is 0 Å². The Labute approximate surface area is 123 Å². The third-order valence-electron chi connectivity index (χ3n) is 2.96. The molecule has 0 radical (unpaired) electrons. The van der Waals surface area contributed by atoms with Crippen molar-refractivity contribution in [2.24, 2.45) is 0 Å². The highest BCUT2D eigenvalue weighted by atomic mass is 19.2. The lowest BCUT2D eigenvalue weighted by molar-refractivity contribution is 0.447. The van der Waals surface area contributed by atoms with Crippen LogP contribution in [0.25, 0.3) is 11.5 Å². The minimum Gasteiger partial charge on any atom is -0.403 e. The first-order valence-corrected chi connectivity index (χ1v) is 6.35. The molecule has 4 nitrogen and oxygen atoms in total. The van der Waals surface area contributed by atoms with Gasteiger partial charge < -0.3 is 9.73 Å². The Kier molecular flexibility index (Phi) is 3.54. The Bertz CT molecular complexity index is 792. The number of anilines is 2. The Morgan fingerprint density at radius 1 is 0.955 bits per heavy atom. The number of hydrogen-bond acceptors (Lipinski definition) is 4. The fourth-order valence-corrected chi connectivity index (χ4v) is 1.83. The molecule has 0 saturated heterocycles. The Balaban J connectivity index is 1.86. The number of benzene rings is 2. The van der Waals surface area contributed by atoms with Crippen LogP contribution in [0.1, 0.15) is 5.56 Å². The van der Waals surface area contributed by atoms with Crippen molar-refractivity contribution in [1.29, 1.82) is 0 Å². The van der Waals surface area contributed by atoms with Gasteiger partial charge in [0.25, 0.3) is 0 Å². The van der Waals surface area contributed by atoms with Crippen LogP contribution in [0.5, 0.6) is 0 Å². The zero-order chi connectivity index (χ0) is 15.7. The molecule has 7 heteroatoms. The van der Waals surface area contributed by atoms with Crippen molar-refractivity contribution in [3.63, 3.8) is 0 Å². The van der Waals surface area contributed by atoms with E-state index < -0.39 is 17.5 Å². The fourth-order valence-electron chi connectivity index (χ4n) is 1.83. The standard InChI is InChI=1S/C15H10F3N3O/c1-8-2-4-10(5-3-8)19-15-21-20-14(22-15)9-6-11(16)13(18)12(17)7-9/h2-7H,1H3,(H,19,21). The maximum absolute atomic E-state index is 13.2. The van der Waals surface area contributed by atoms with Gasteiger partial charge in [0.15, 0.2) is 17.5 Å². The summed E-state index contributed by atoms with van der Waals surface area (Å²) in [5.74, 6) is -4.30. The zero-order valence-electron chi connectivity index (χ0n) is 11.4. The molecule has 3 rings (SSSR count). The summed E-state index contributed by atoms with van der Waals surface area (Å²) < 4.78 is 44.6. The third-order valence-corrected chi connectivity index (χ3v) is 2.96. The van der Waals surface area contributed by atoms with Crippen molar-refractivity contribution in [2.45, 2.75) is 6.92 Å². The molecular formula is C15H10F3N3O. The lowest BCUT2D eigenvalue weighted by atomic mass is 10.2. The van der Waals surface area contributed by atoms with Crippen molar-refractivity contribution in [2.75, 3.05) is 5.32 Å². The number of halogens is 3. The maximum Gasteiger partial charge on any atom is 0.320 e. The summed E-state index contributed by atoms with van der Waals surface area (Å²) in [6.07, 6.45) is 0. The normalized spacial score (nSPS) is 10.7. The molecule has 0 bridgehead atoms. The van der Waals surface area contributed by atoms with Crippen molar-refractivity contribution in [1.82, 2.24) is 10.2 Å². The summed E-state index contributed by atoms with van der Waals surface area (Å²) >= 11 is 0. The van der Waals surface area contributed by atoms with Gasteiger partial charge in [0.1, 0.15) is 0 Å². The summed E-state index contributed by atoms with van der Waals surface area (Å²) in [4.78, 5) is 0. The van der Waals surface area contributed by atoms with E-state index in [1.807, 2.05) is 31.2 Å². The van der Waals surface area contributed by atoms with Gasteiger partial charge in [-0.25, -0.2) is 13.2 Å². The van der Waals surface area contributed by atoms with E-state index >= 15 is 0 Å². The highest BCUT2D eigenvalue weighted by molar-refractivity contribution is 5.56. The van der Waals surface area contributed by atoms with E-state index in [4.69, 9.17) is 4.42 Å². The molecule has 1 N–H and O–H groups in total. The van der Waals surface area contributed by atoms with E-state index in [1.54, 1.807) is 0 Å². The summed E-state index contributed by atoms with van der Waals surface area (Å²) in [7, 11) is 0. The van der Waals surface area contributed by atoms with Gasteiger partial charge in [-0.2, -0.15) is 0 Å².